The molecular formula is C15H15ClN2OS2. The highest BCUT2D eigenvalue weighted by molar-refractivity contribution is 7.16. The Morgan fingerprint density at radius 3 is 2.86 bits per heavy atom. The minimum Gasteiger partial charge on any atom is -0.467 e. The van der Waals surface area contributed by atoms with Crippen molar-refractivity contribution in [1.29, 1.82) is 0 Å². The van der Waals surface area contributed by atoms with Gasteiger partial charge < -0.3 is 4.42 Å². The van der Waals surface area contributed by atoms with E-state index in [4.69, 9.17) is 16.0 Å². The second-order valence-electron chi connectivity index (χ2n) is 4.55. The standard InChI is InChI=1S/C15H15ClN2OS2/c1-2-10-8-17-14(20-10)9-18-15(11-4-3-7-19-11)12-5-6-13(16)21-12/h3-8,15,18H,2,9H2,1H3. The molecule has 6 heteroatoms. The second kappa shape index (κ2) is 6.75. The average Bonchev–Trinajstić information content (AvgIpc) is 3.21. The van der Waals surface area contributed by atoms with Gasteiger partial charge in [-0.25, -0.2) is 4.98 Å². The number of hydrogen-bond donors (Lipinski definition) is 1. The van der Waals surface area contributed by atoms with Crippen molar-refractivity contribution in [2.75, 3.05) is 0 Å². The summed E-state index contributed by atoms with van der Waals surface area (Å²) in [6, 6.07) is 7.83. The summed E-state index contributed by atoms with van der Waals surface area (Å²) in [7, 11) is 0. The molecule has 1 unspecified atom stereocenters. The second-order valence-corrected chi connectivity index (χ2v) is 7.49. The number of thiazole rings is 1. The number of thiophene rings is 1. The lowest BCUT2D eigenvalue weighted by molar-refractivity contribution is 0.449. The fourth-order valence-electron chi connectivity index (χ4n) is 2.06. The van der Waals surface area contributed by atoms with Crippen molar-refractivity contribution in [1.82, 2.24) is 10.3 Å². The fraction of sp³-hybridized carbons (Fsp3) is 0.267. The Labute approximate surface area is 136 Å². The zero-order valence-corrected chi connectivity index (χ0v) is 13.9. The summed E-state index contributed by atoms with van der Waals surface area (Å²) in [6.07, 6.45) is 4.67. The minimum atomic E-state index is 0.00600. The van der Waals surface area contributed by atoms with Gasteiger partial charge in [0.15, 0.2) is 0 Å². The molecule has 0 spiro atoms. The Hall–Kier alpha value is -1.14. The molecule has 3 rings (SSSR count). The van der Waals surface area contributed by atoms with Crippen LogP contribution >= 0.6 is 34.3 Å². The van der Waals surface area contributed by atoms with Crippen molar-refractivity contribution >= 4 is 34.3 Å². The Morgan fingerprint density at radius 2 is 2.24 bits per heavy atom. The monoisotopic (exact) mass is 338 g/mol. The normalized spacial score (nSPS) is 12.7. The first-order chi connectivity index (χ1) is 10.3. The summed E-state index contributed by atoms with van der Waals surface area (Å²) in [5, 5.41) is 4.60. The van der Waals surface area contributed by atoms with Crippen LogP contribution in [0.15, 0.2) is 41.1 Å². The topological polar surface area (TPSA) is 38.1 Å². The first kappa shape index (κ1) is 14.8. The van der Waals surface area contributed by atoms with Gasteiger partial charge in [-0.15, -0.1) is 22.7 Å². The highest BCUT2D eigenvalue weighted by atomic mass is 35.5. The number of rotatable bonds is 6. The van der Waals surface area contributed by atoms with Crippen LogP contribution in [-0.4, -0.2) is 4.98 Å². The van der Waals surface area contributed by atoms with Crippen molar-refractivity contribution < 1.29 is 4.42 Å². The van der Waals surface area contributed by atoms with Gasteiger partial charge >= 0.3 is 0 Å². The van der Waals surface area contributed by atoms with E-state index in [2.05, 4.69) is 17.2 Å². The van der Waals surface area contributed by atoms with E-state index in [9.17, 15) is 0 Å². The van der Waals surface area contributed by atoms with E-state index < -0.39 is 0 Å². The van der Waals surface area contributed by atoms with Crippen molar-refractivity contribution in [2.24, 2.45) is 0 Å². The van der Waals surface area contributed by atoms with Crippen LogP contribution in [0.4, 0.5) is 0 Å². The molecule has 0 aliphatic rings. The number of aromatic nitrogens is 1. The molecule has 0 bridgehead atoms. The maximum atomic E-state index is 6.06. The highest BCUT2D eigenvalue weighted by Crippen LogP contribution is 2.31. The molecule has 0 fully saturated rings. The number of furan rings is 1. The van der Waals surface area contributed by atoms with Gasteiger partial charge in [-0.2, -0.15) is 0 Å². The summed E-state index contributed by atoms with van der Waals surface area (Å²) in [6.45, 7) is 2.86. The predicted octanol–water partition coefficient (Wildman–Crippen LogP) is 4.89. The number of nitrogens with zero attached hydrogens (tertiary/aromatic N) is 1. The highest BCUT2D eigenvalue weighted by Gasteiger charge is 2.19. The van der Waals surface area contributed by atoms with Crippen LogP contribution in [0.3, 0.4) is 0 Å². The summed E-state index contributed by atoms with van der Waals surface area (Å²) in [5.41, 5.74) is 0. The molecule has 0 aromatic carbocycles. The molecule has 3 nitrogen and oxygen atoms in total. The van der Waals surface area contributed by atoms with Crippen molar-refractivity contribution in [3.8, 4) is 0 Å². The van der Waals surface area contributed by atoms with E-state index in [1.807, 2.05) is 30.5 Å². The van der Waals surface area contributed by atoms with E-state index in [0.29, 0.717) is 6.54 Å². The Balaban J connectivity index is 1.76. The van der Waals surface area contributed by atoms with Crippen molar-refractivity contribution in [2.45, 2.75) is 25.9 Å². The van der Waals surface area contributed by atoms with Crippen LogP contribution in [-0.2, 0) is 13.0 Å². The third-order valence-electron chi connectivity index (χ3n) is 3.11. The zero-order valence-electron chi connectivity index (χ0n) is 11.5. The Kier molecular flexibility index (Phi) is 4.75. The molecule has 0 aliphatic carbocycles. The largest absolute Gasteiger partial charge is 0.467 e. The maximum Gasteiger partial charge on any atom is 0.126 e. The van der Waals surface area contributed by atoms with Gasteiger partial charge in [0.05, 0.1) is 10.6 Å². The molecule has 0 aliphatic heterocycles. The number of halogens is 1. The van der Waals surface area contributed by atoms with Crippen LogP contribution in [0.25, 0.3) is 0 Å². The average molecular weight is 339 g/mol. The summed E-state index contributed by atoms with van der Waals surface area (Å²) >= 11 is 9.37. The molecular weight excluding hydrogens is 324 g/mol. The third-order valence-corrected chi connectivity index (χ3v) is 5.55. The molecule has 1 N–H and O–H groups in total. The summed E-state index contributed by atoms with van der Waals surface area (Å²) in [5.74, 6) is 0.890. The molecule has 21 heavy (non-hydrogen) atoms. The first-order valence-corrected chi connectivity index (χ1v) is 8.73. The molecule has 3 heterocycles. The van der Waals surface area contributed by atoms with Crippen LogP contribution in [0.5, 0.6) is 0 Å². The van der Waals surface area contributed by atoms with E-state index >= 15 is 0 Å². The Bertz CT molecular complexity index is 690. The fourth-order valence-corrected chi connectivity index (χ4v) is 4.02. The lowest BCUT2D eigenvalue weighted by Gasteiger charge is -2.14. The van der Waals surface area contributed by atoms with Crippen LogP contribution in [0, 0.1) is 0 Å². The van der Waals surface area contributed by atoms with Crippen molar-refractivity contribution in [3.63, 3.8) is 0 Å². The summed E-state index contributed by atoms with van der Waals surface area (Å²) < 4.78 is 6.34. The molecule has 1 atom stereocenters. The smallest absolute Gasteiger partial charge is 0.126 e. The number of hydrogen-bond acceptors (Lipinski definition) is 5. The van der Waals surface area contributed by atoms with Gasteiger partial charge in [-0.3, -0.25) is 5.32 Å². The number of nitrogens with one attached hydrogen (secondary N) is 1. The predicted molar refractivity (Wildman–Crippen MR) is 88.2 cm³/mol. The maximum absolute atomic E-state index is 6.06. The molecule has 0 amide bonds. The molecule has 3 aromatic heterocycles. The quantitative estimate of drug-likeness (QED) is 0.695. The van der Waals surface area contributed by atoms with Gasteiger partial charge in [0, 0.05) is 22.5 Å². The van der Waals surface area contributed by atoms with E-state index in [1.165, 1.54) is 4.88 Å². The van der Waals surface area contributed by atoms with Gasteiger partial charge in [0.25, 0.3) is 0 Å². The van der Waals surface area contributed by atoms with Gasteiger partial charge in [0.2, 0.25) is 0 Å². The first-order valence-electron chi connectivity index (χ1n) is 6.72. The molecule has 3 aromatic rings. The van der Waals surface area contributed by atoms with Gasteiger partial charge in [-0.1, -0.05) is 18.5 Å². The SMILES string of the molecule is CCc1cnc(CNC(c2ccco2)c2ccc(Cl)s2)s1. The lowest BCUT2D eigenvalue weighted by Crippen LogP contribution is -2.20. The van der Waals surface area contributed by atoms with E-state index in [1.54, 1.807) is 28.9 Å². The minimum absolute atomic E-state index is 0.00600. The molecule has 0 saturated heterocycles. The van der Waals surface area contributed by atoms with Gasteiger partial charge in [-0.05, 0) is 30.7 Å². The summed E-state index contributed by atoms with van der Waals surface area (Å²) in [4.78, 5) is 6.89. The molecule has 0 radical (unpaired) electrons. The number of aryl methyl sites for hydroxylation is 1. The molecule has 0 saturated carbocycles. The third kappa shape index (κ3) is 3.55. The van der Waals surface area contributed by atoms with E-state index in [0.717, 1.165) is 26.4 Å². The van der Waals surface area contributed by atoms with E-state index in [-0.39, 0.29) is 6.04 Å². The lowest BCUT2D eigenvalue weighted by atomic mass is 10.2. The zero-order chi connectivity index (χ0) is 14.7. The van der Waals surface area contributed by atoms with Gasteiger partial charge in [0.1, 0.15) is 16.8 Å². The van der Waals surface area contributed by atoms with Crippen LogP contribution in [0.2, 0.25) is 4.34 Å². The van der Waals surface area contributed by atoms with Crippen molar-refractivity contribution in [3.05, 3.63) is 61.6 Å². The van der Waals surface area contributed by atoms with Crippen LogP contribution < -0.4 is 5.32 Å². The van der Waals surface area contributed by atoms with Crippen LogP contribution in [0.1, 0.15) is 33.5 Å². The molecule has 110 valence electrons. The Morgan fingerprint density at radius 1 is 1.33 bits per heavy atom.